The Hall–Kier alpha value is -2.04. The normalized spacial score (nSPS) is 10.4. The molecule has 0 spiro atoms. The lowest BCUT2D eigenvalue weighted by molar-refractivity contribution is 0.720. The van der Waals surface area contributed by atoms with Gasteiger partial charge < -0.3 is 9.88 Å². The van der Waals surface area contributed by atoms with Crippen LogP contribution in [0.5, 0.6) is 0 Å². The lowest BCUT2D eigenvalue weighted by atomic mass is 10.3. The Labute approximate surface area is 93.3 Å². The second-order valence-electron chi connectivity index (χ2n) is 3.67. The second-order valence-corrected chi connectivity index (χ2v) is 3.67. The minimum absolute atomic E-state index is 0.00826. The van der Waals surface area contributed by atoms with Crippen LogP contribution in [0.1, 0.15) is 5.69 Å². The molecule has 84 valence electrons. The maximum Gasteiger partial charge on any atom is 0.250 e. The molecule has 5 nitrogen and oxygen atoms in total. The number of anilines is 1. The van der Waals surface area contributed by atoms with Crippen LogP contribution in [0.25, 0.3) is 0 Å². The van der Waals surface area contributed by atoms with Gasteiger partial charge in [0.05, 0.1) is 17.9 Å². The first-order valence-corrected chi connectivity index (χ1v) is 5.04. The minimum Gasteiger partial charge on any atom is -0.378 e. The molecule has 0 amide bonds. The first-order chi connectivity index (χ1) is 7.66. The van der Waals surface area contributed by atoms with Crippen LogP contribution in [-0.4, -0.2) is 14.3 Å². The number of aromatic nitrogens is 3. The molecule has 5 heteroatoms. The lowest BCUT2D eigenvalue weighted by Gasteiger charge is -2.07. The zero-order valence-electron chi connectivity index (χ0n) is 9.34. The zero-order chi connectivity index (χ0) is 11.5. The van der Waals surface area contributed by atoms with Crippen molar-refractivity contribution in [2.45, 2.75) is 6.54 Å². The summed E-state index contributed by atoms with van der Waals surface area (Å²) in [5, 5.41) is 7.32. The number of rotatable bonds is 3. The Morgan fingerprint density at radius 1 is 1.31 bits per heavy atom. The summed E-state index contributed by atoms with van der Waals surface area (Å²) in [6.07, 6.45) is 3.54. The van der Waals surface area contributed by atoms with E-state index in [1.54, 1.807) is 36.1 Å². The van der Waals surface area contributed by atoms with Crippen LogP contribution >= 0.6 is 0 Å². The second kappa shape index (κ2) is 4.22. The molecule has 2 rings (SSSR count). The van der Waals surface area contributed by atoms with Gasteiger partial charge in [-0.3, -0.25) is 9.48 Å². The molecule has 0 aliphatic rings. The van der Waals surface area contributed by atoms with Crippen LogP contribution < -0.4 is 10.9 Å². The zero-order valence-corrected chi connectivity index (χ0v) is 9.34. The third-order valence-corrected chi connectivity index (χ3v) is 2.48. The molecule has 2 aromatic heterocycles. The van der Waals surface area contributed by atoms with Crippen molar-refractivity contribution in [3.8, 4) is 0 Å². The Morgan fingerprint density at radius 3 is 2.75 bits per heavy atom. The molecule has 0 bridgehead atoms. The molecule has 0 saturated carbocycles. The third-order valence-electron chi connectivity index (χ3n) is 2.48. The monoisotopic (exact) mass is 218 g/mol. The maximum absolute atomic E-state index is 11.2. The average Bonchev–Trinajstić information content (AvgIpc) is 2.66. The first kappa shape index (κ1) is 10.5. The highest BCUT2D eigenvalue weighted by Crippen LogP contribution is 2.05. The van der Waals surface area contributed by atoms with E-state index in [1.807, 2.05) is 17.8 Å². The number of hydrogen-bond donors (Lipinski definition) is 1. The topological polar surface area (TPSA) is 51.9 Å². The van der Waals surface area contributed by atoms with Crippen LogP contribution in [0.2, 0.25) is 0 Å². The van der Waals surface area contributed by atoms with E-state index in [0.717, 1.165) is 11.4 Å². The summed E-state index contributed by atoms with van der Waals surface area (Å²) in [7, 11) is 3.63. The highest BCUT2D eigenvalue weighted by molar-refractivity contribution is 5.40. The van der Waals surface area contributed by atoms with E-state index in [0.29, 0.717) is 6.54 Å². The van der Waals surface area contributed by atoms with Crippen LogP contribution in [0.4, 0.5) is 5.69 Å². The quantitative estimate of drug-likeness (QED) is 0.826. The van der Waals surface area contributed by atoms with Crippen LogP contribution in [0.15, 0.2) is 35.4 Å². The van der Waals surface area contributed by atoms with Crippen LogP contribution in [0, 0.1) is 0 Å². The fourth-order valence-corrected chi connectivity index (χ4v) is 1.47. The molecule has 2 aromatic rings. The lowest BCUT2D eigenvalue weighted by Crippen LogP contribution is -2.15. The molecular formula is C11H14N4O. The van der Waals surface area contributed by atoms with Gasteiger partial charge in [-0.25, -0.2) is 0 Å². The van der Waals surface area contributed by atoms with Crippen LogP contribution in [-0.2, 0) is 20.6 Å². The first-order valence-electron chi connectivity index (χ1n) is 5.04. The summed E-state index contributed by atoms with van der Waals surface area (Å²) in [6.45, 7) is 0.689. The van der Waals surface area contributed by atoms with Crippen LogP contribution in [0.3, 0.4) is 0 Å². The molecule has 16 heavy (non-hydrogen) atoms. The largest absolute Gasteiger partial charge is 0.378 e. The van der Waals surface area contributed by atoms with E-state index < -0.39 is 0 Å². The van der Waals surface area contributed by atoms with Crippen molar-refractivity contribution in [3.63, 3.8) is 0 Å². The summed E-state index contributed by atoms with van der Waals surface area (Å²) in [5.74, 6) is 0. The number of pyridine rings is 1. The van der Waals surface area contributed by atoms with Gasteiger partial charge in [0.2, 0.25) is 5.56 Å². The molecule has 2 heterocycles. The van der Waals surface area contributed by atoms with Crippen molar-refractivity contribution in [2.24, 2.45) is 14.1 Å². The molecule has 0 saturated heterocycles. The summed E-state index contributed by atoms with van der Waals surface area (Å²) in [5.41, 5.74) is 2.00. The standard InChI is InChI=1S/C11H14N4O/c1-14-8-9(3-4-11(14)16)12-7-10-5-6-13-15(10)2/h3-6,8,12H,7H2,1-2H3. The Morgan fingerprint density at radius 2 is 2.12 bits per heavy atom. The van der Waals surface area contributed by atoms with E-state index in [9.17, 15) is 4.79 Å². The summed E-state index contributed by atoms with van der Waals surface area (Å²) in [6, 6.07) is 5.28. The fraction of sp³-hybridized carbons (Fsp3) is 0.273. The number of nitrogens with one attached hydrogen (secondary N) is 1. The Balaban J connectivity index is 2.08. The van der Waals surface area contributed by atoms with E-state index in [4.69, 9.17) is 0 Å². The third kappa shape index (κ3) is 2.13. The predicted molar refractivity (Wildman–Crippen MR) is 62.2 cm³/mol. The average molecular weight is 218 g/mol. The van der Waals surface area contributed by atoms with Gasteiger partial charge in [0.25, 0.3) is 0 Å². The van der Waals surface area contributed by atoms with E-state index in [2.05, 4.69) is 10.4 Å². The number of hydrogen-bond acceptors (Lipinski definition) is 3. The van der Waals surface area contributed by atoms with Gasteiger partial charge >= 0.3 is 0 Å². The van der Waals surface area contributed by atoms with Gasteiger partial charge in [-0.05, 0) is 12.1 Å². The Bertz CT molecular complexity index is 541. The van der Waals surface area contributed by atoms with Crippen molar-refractivity contribution < 1.29 is 0 Å². The minimum atomic E-state index is -0.00826. The van der Waals surface area contributed by atoms with E-state index in [-0.39, 0.29) is 5.56 Å². The predicted octanol–water partition coefficient (Wildman–Crippen LogP) is 0.731. The molecule has 0 fully saturated rings. The van der Waals surface area contributed by atoms with Gasteiger partial charge in [0.1, 0.15) is 0 Å². The smallest absolute Gasteiger partial charge is 0.250 e. The number of nitrogens with zero attached hydrogens (tertiary/aromatic N) is 3. The van der Waals surface area contributed by atoms with Crippen molar-refractivity contribution in [3.05, 3.63) is 46.6 Å². The SMILES string of the molecule is Cn1nccc1CNc1ccc(=O)n(C)c1. The molecule has 0 atom stereocenters. The molecule has 0 aromatic carbocycles. The van der Waals surface area contributed by atoms with Gasteiger partial charge in [0.15, 0.2) is 0 Å². The van der Waals surface area contributed by atoms with Crippen molar-refractivity contribution in [1.82, 2.24) is 14.3 Å². The maximum atomic E-state index is 11.2. The highest BCUT2D eigenvalue weighted by atomic mass is 16.1. The van der Waals surface area contributed by atoms with E-state index >= 15 is 0 Å². The summed E-state index contributed by atoms with van der Waals surface area (Å²) >= 11 is 0. The molecule has 1 N–H and O–H groups in total. The fourth-order valence-electron chi connectivity index (χ4n) is 1.47. The van der Waals surface area contributed by atoms with Gasteiger partial charge in [-0.15, -0.1) is 0 Å². The van der Waals surface area contributed by atoms with Crippen molar-refractivity contribution in [1.29, 1.82) is 0 Å². The van der Waals surface area contributed by atoms with Gasteiger partial charge in [0, 0.05) is 32.6 Å². The molecule has 0 aliphatic carbocycles. The van der Waals surface area contributed by atoms with Gasteiger partial charge in [-0.1, -0.05) is 0 Å². The molecular weight excluding hydrogens is 204 g/mol. The summed E-state index contributed by atoms with van der Waals surface area (Å²) < 4.78 is 3.36. The van der Waals surface area contributed by atoms with Crippen molar-refractivity contribution >= 4 is 5.69 Å². The molecule has 0 radical (unpaired) electrons. The van der Waals surface area contributed by atoms with E-state index in [1.165, 1.54) is 0 Å². The van der Waals surface area contributed by atoms with Gasteiger partial charge in [-0.2, -0.15) is 5.10 Å². The Kier molecular flexibility index (Phi) is 2.76. The number of aryl methyl sites for hydroxylation is 2. The summed E-state index contributed by atoms with van der Waals surface area (Å²) in [4.78, 5) is 11.2. The molecule has 0 aliphatic heterocycles. The molecule has 0 unspecified atom stereocenters. The highest BCUT2D eigenvalue weighted by Gasteiger charge is 1.99. The van der Waals surface area contributed by atoms with Crippen molar-refractivity contribution in [2.75, 3.05) is 5.32 Å².